The Balaban J connectivity index is 2.31. The van der Waals surface area contributed by atoms with E-state index in [9.17, 15) is 0 Å². The Bertz CT molecular complexity index is 518. The molecular formula is C15H12Se. The SMILES string of the molecule is C[Se]c1ccccc1C#Cc1ccccc1. The second-order valence-electron chi connectivity index (χ2n) is 3.32. The molecule has 0 aliphatic carbocycles. The molecule has 0 aromatic heterocycles. The third-order valence-corrected chi connectivity index (χ3v) is 3.89. The van der Waals surface area contributed by atoms with Crippen LogP contribution in [0.4, 0.5) is 0 Å². The third kappa shape index (κ3) is 2.76. The van der Waals surface area contributed by atoms with Crippen molar-refractivity contribution in [3.8, 4) is 11.8 Å². The molecule has 0 bridgehead atoms. The molecule has 0 nitrogen and oxygen atoms in total. The van der Waals surface area contributed by atoms with E-state index in [1.807, 2.05) is 36.4 Å². The summed E-state index contributed by atoms with van der Waals surface area (Å²) in [6.07, 6.45) is 0. The Labute approximate surface area is 103 Å². The summed E-state index contributed by atoms with van der Waals surface area (Å²) in [5.74, 6) is 8.66. The van der Waals surface area contributed by atoms with E-state index in [1.54, 1.807) is 0 Å². The van der Waals surface area contributed by atoms with Crippen molar-refractivity contribution in [2.24, 2.45) is 0 Å². The van der Waals surface area contributed by atoms with Crippen molar-refractivity contribution in [1.82, 2.24) is 0 Å². The van der Waals surface area contributed by atoms with Gasteiger partial charge in [-0.3, -0.25) is 0 Å². The van der Waals surface area contributed by atoms with Crippen molar-refractivity contribution in [1.29, 1.82) is 0 Å². The molecule has 1 heteroatoms. The van der Waals surface area contributed by atoms with Crippen LogP contribution >= 0.6 is 0 Å². The quantitative estimate of drug-likeness (QED) is 0.552. The predicted molar refractivity (Wildman–Crippen MR) is 70.1 cm³/mol. The molecule has 16 heavy (non-hydrogen) atoms. The van der Waals surface area contributed by atoms with Crippen molar-refractivity contribution >= 4 is 19.4 Å². The van der Waals surface area contributed by atoms with Crippen molar-refractivity contribution < 1.29 is 0 Å². The maximum absolute atomic E-state index is 3.25. The van der Waals surface area contributed by atoms with Gasteiger partial charge in [-0.1, -0.05) is 0 Å². The van der Waals surface area contributed by atoms with Gasteiger partial charge >= 0.3 is 103 Å². The van der Waals surface area contributed by atoms with E-state index in [-0.39, 0.29) is 0 Å². The van der Waals surface area contributed by atoms with Gasteiger partial charge in [0, 0.05) is 0 Å². The van der Waals surface area contributed by atoms with Gasteiger partial charge in [-0.05, 0) is 0 Å². The van der Waals surface area contributed by atoms with Crippen LogP contribution in [0.25, 0.3) is 0 Å². The van der Waals surface area contributed by atoms with Crippen molar-refractivity contribution in [2.75, 3.05) is 0 Å². The minimum absolute atomic E-state index is 0.502. The number of hydrogen-bond acceptors (Lipinski definition) is 0. The van der Waals surface area contributed by atoms with E-state index in [0.29, 0.717) is 15.0 Å². The van der Waals surface area contributed by atoms with Crippen molar-refractivity contribution in [3.63, 3.8) is 0 Å². The predicted octanol–water partition coefficient (Wildman–Crippen LogP) is 2.46. The van der Waals surface area contributed by atoms with Gasteiger partial charge < -0.3 is 0 Å². The molecule has 0 heterocycles. The third-order valence-electron chi connectivity index (χ3n) is 2.22. The molecule has 0 saturated carbocycles. The summed E-state index contributed by atoms with van der Waals surface area (Å²) in [6, 6.07) is 18.5. The number of hydrogen-bond donors (Lipinski definition) is 0. The molecule has 2 aromatic rings. The Hall–Kier alpha value is -1.48. The van der Waals surface area contributed by atoms with E-state index in [1.165, 1.54) is 4.46 Å². The van der Waals surface area contributed by atoms with Gasteiger partial charge in [0.05, 0.1) is 0 Å². The van der Waals surface area contributed by atoms with Gasteiger partial charge in [-0.25, -0.2) is 0 Å². The fourth-order valence-electron chi connectivity index (χ4n) is 1.41. The van der Waals surface area contributed by atoms with Gasteiger partial charge in [-0.2, -0.15) is 0 Å². The Kier molecular flexibility index (Phi) is 3.83. The molecule has 0 amide bonds. The zero-order valence-corrected chi connectivity index (χ0v) is 10.8. The Morgan fingerprint density at radius 2 is 1.50 bits per heavy atom. The summed E-state index contributed by atoms with van der Waals surface area (Å²) in [5, 5.41) is 0. The summed E-state index contributed by atoms with van der Waals surface area (Å²) < 4.78 is 1.37. The van der Waals surface area contributed by atoms with E-state index < -0.39 is 0 Å². The average Bonchev–Trinajstić information content (AvgIpc) is 2.38. The molecule has 0 N–H and O–H groups in total. The summed E-state index contributed by atoms with van der Waals surface area (Å²) >= 11 is 0.502. The van der Waals surface area contributed by atoms with E-state index in [0.717, 1.165) is 11.1 Å². The topological polar surface area (TPSA) is 0 Å². The first-order valence-corrected chi connectivity index (χ1v) is 7.67. The average molecular weight is 271 g/mol. The summed E-state index contributed by atoms with van der Waals surface area (Å²) in [7, 11) is 0. The molecular weight excluding hydrogens is 259 g/mol. The summed E-state index contributed by atoms with van der Waals surface area (Å²) in [5.41, 5.74) is 2.23. The fraction of sp³-hybridized carbons (Fsp3) is 0.0667. The standard InChI is InChI=1S/C15H12Se/c1-16-15-10-6-5-9-14(15)12-11-13-7-3-2-4-8-13/h2-10H,1H3. The van der Waals surface area contributed by atoms with Crippen molar-refractivity contribution in [3.05, 3.63) is 65.7 Å². The van der Waals surface area contributed by atoms with Crippen LogP contribution in [0.5, 0.6) is 0 Å². The van der Waals surface area contributed by atoms with Crippen LogP contribution in [0.2, 0.25) is 5.82 Å². The zero-order valence-electron chi connectivity index (χ0n) is 9.10. The first-order valence-electron chi connectivity index (χ1n) is 5.10. The number of benzene rings is 2. The van der Waals surface area contributed by atoms with Crippen LogP contribution in [-0.4, -0.2) is 15.0 Å². The molecule has 0 fully saturated rings. The fourth-order valence-corrected chi connectivity index (χ4v) is 2.57. The monoisotopic (exact) mass is 272 g/mol. The van der Waals surface area contributed by atoms with Gasteiger partial charge in [0.1, 0.15) is 0 Å². The first-order chi connectivity index (χ1) is 7.90. The number of rotatable bonds is 1. The summed E-state index contributed by atoms with van der Waals surface area (Å²) in [6.45, 7) is 0. The molecule has 2 aromatic carbocycles. The van der Waals surface area contributed by atoms with Gasteiger partial charge in [0.25, 0.3) is 0 Å². The van der Waals surface area contributed by atoms with Crippen LogP contribution < -0.4 is 4.46 Å². The van der Waals surface area contributed by atoms with Crippen molar-refractivity contribution in [2.45, 2.75) is 5.82 Å². The molecule has 0 aliphatic heterocycles. The van der Waals surface area contributed by atoms with Crippen LogP contribution in [0, 0.1) is 11.8 Å². The summed E-state index contributed by atoms with van der Waals surface area (Å²) in [4.78, 5) is 0. The van der Waals surface area contributed by atoms with Crippen LogP contribution in [0.1, 0.15) is 11.1 Å². The molecule has 2 rings (SSSR count). The zero-order chi connectivity index (χ0) is 11.2. The molecule has 0 atom stereocenters. The second kappa shape index (κ2) is 5.56. The van der Waals surface area contributed by atoms with E-state index in [4.69, 9.17) is 0 Å². The molecule has 78 valence electrons. The molecule has 0 spiro atoms. The van der Waals surface area contributed by atoms with E-state index in [2.05, 4.69) is 35.9 Å². The van der Waals surface area contributed by atoms with Crippen LogP contribution in [0.3, 0.4) is 0 Å². The molecule has 0 unspecified atom stereocenters. The molecule has 0 radical (unpaired) electrons. The normalized spacial score (nSPS) is 9.31. The Morgan fingerprint density at radius 3 is 2.25 bits per heavy atom. The molecule has 0 saturated heterocycles. The minimum atomic E-state index is 0.502. The van der Waals surface area contributed by atoms with Crippen LogP contribution in [-0.2, 0) is 0 Å². The van der Waals surface area contributed by atoms with Gasteiger partial charge in [0.15, 0.2) is 0 Å². The van der Waals surface area contributed by atoms with Gasteiger partial charge in [-0.15, -0.1) is 0 Å². The molecule has 0 aliphatic rings. The second-order valence-corrected chi connectivity index (χ2v) is 5.10. The van der Waals surface area contributed by atoms with E-state index >= 15 is 0 Å². The maximum atomic E-state index is 3.25. The Morgan fingerprint density at radius 1 is 0.812 bits per heavy atom. The van der Waals surface area contributed by atoms with Gasteiger partial charge in [0.2, 0.25) is 0 Å². The van der Waals surface area contributed by atoms with Crippen LogP contribution in [0.15, 0.2) is 54.6 Å². The first kappa shape index (κ1) is 11.0.